The molecule has 176 valence electrons. The maximum Gasteiger partial charge on any atom is 0.272 e. The number of amides is 2. The van der Waals surface area contributed by atoms with E-state index in [0.717, 1.165) is 41.9 Å². The smallest absolute Gasteiger partial charge is 0.272 e. The van der Waals surface area contributed by atoms with E-state index >= 15 is 0 Å². The second-order valence-corrected chi connectivity index (χ2v) is 9.10. The van der Waals surface area contributed by atoms with Gasteiger partial charge in [-0.25, -0.2) is 4.68 Å². The predicted octanol–water partition coefficient (Wildman–Crippen LogP) is 3.71. The molecule has 34 heavy (non-hydrogen) atoms. The second kappa shape index (κ2) is 9.81. The molecular formula is C27H31N5O2. The van der Waals surface area contributed by atoms with Gasteiger partial charge in [0.05, 0.1) is 17.9 Å². The Labute approximate surface area is 200 Å². The van der Waals surface area contributed by atoms with E-state index in [-0.39, 0.29) is 11.8 Å². The van der Waals surface area contributed by atoms with Crippen LogP contribution in [-0.4, -0.2) is 64.1 Å². The lowest BCUT2D eigenvalue weighted by molar-refractivity contribution is -0.117. The molecule has 7 heteroatoms. The van der Waals surface area contributed by atoms with Gasteiger partial charge in [0.15, 0.2) is 0 Å². The van der Waals surface area contributed by atoms with Gasteiger partial charge in [-0.15, -0.1) is 0 Å². The highest BCUT2D eigenvalue weighted by atomic mass is 16.2. The standard InChI is InChI=1S/C27H31N5O2/c1-2-20-8-6-7-11-23(20)28-26(33)19-30-14-16-31(17-15-30)27(34)25-18-24(21-12-13-21)29-32(25)22-9-4-3-5-10-22/h3-11,18,21H,2,12-17,19H2,1H3,(H,28,33). The van der Waals surface area contributed by atoms with Gasteiger partial charge in [-0.05, 0) is 49.1 Å². The maximum absolute atomic E-state index is 13.5. The number of aryl methyl sites for hydroxylation is 1. The molecule has 1 aliphatic heterocycles. The van der Waals surface area contributed by atoms with Crippen LogP contribution in [0.2, 0.25) is 0 Å². The molecular weight excluding hydrogens is 426 g/mol. The van der Waals surface area contributed by atoms with Crippen LogP contribution >= 0.6 is 0 Å². The van der Waals surface area contributed by atoms with Gasteiger partial charge in [-0.2, -0.15) is 5.10 Å². The Bertz CT molecular complexity index is 1160. The number of anilines is 1. The van der Waals surface area contributed by atoms with Gasteiger partial charge in [0.2, 0.25) is 5.91 Å². The lowest BCUT2D eigenvalue weighted by Gasteiger charge is -2.34. The molecule has 2 heterocycles. The van der Waals surface area contributed by atoms with Gasteiger partial charge in [0.25, 0.3) is 5.91 Å². The van der Waals surface area contributed by atoms with Crippen LogP contribution in [0.5, 0.6) is 0 Å². The summed E-state index contributed by atoms with van der Waals surface area (Å²) in [6, 6.07) is 19.7. The third-order valence-corrected chi connectivity index (χ3v) is 6.64. The molecule has 1 N–H and O–H groups in total. The molecule has 0 spiro atoms. The van der Waals surface area contributed by atoms with Crippen molar-refractivity contribution < 1.29 is 9.59 Å². The third-order valence-electron chi connectivity index (χ3n) is 6.64. The number of aromatic nitrogens is 2. The van der Waals surface area contributed by atoms with Crippen molar-refractivity contribution >= 4 is 17.5 Å². The van der Waals surface area contributed by atoms with Crippen molar-refractivity contribution in [3.05, 3.63) is 77.6 Å². The van der Waals surface area contributed by atoms with Crippen molar-refractivity contribution in [1.29, 1.82) is 0 Å². The molecule has 2 aliphatic rings. The molecule has 5 rings (SSSR count). The first-order valence-corrected chi connectivity index (χ1v) is 12.2. The fraction of sp³-hybridized carbons (Fsp3) is 0.370. The predicted molar refractivity (Wildman–Crippen MR) is 132 cm³/mol. The zero-order valence-corrected chi connectivity index (χ0v) is 19.6. The van der Waals surface area contributed by atoms with E-state index in [4.69, 9.17) is 5.10 Å². The van der Waals surface area contributed by atoms with E-state index in [1.165, 1.54) is 0 Å². The molecule has 1 aromatic heterocycles. The minimum atomic E-state index is -0.0168. The number of nitrogens with zero attached hydrogens (tertiary/aromatic N) is 4. The zero-order chi connectivity index (χ0) is 23.5. The van der Waals surface area contributed by atoms with Crippen LogP contribution in [-0.2, 0) is 11.2 Å². The minimum Gasteiger partial charge on any atom is -0.335 e. The van der Waals surface area contributed by atoms with E-state index < -0.39 is 0 Å². The summed E-state index contributed by atoms with van der Waals surface area (Å²) in [5.74, 6) is 0.464. The maximum atomic E-state index is 13.5. The molecule has 1 saturated carbocycles. The van der Waals surface area contributed by atoms with Crippen LogP contribution in [0.4, 0.5) is 5.69 Å². The Morgan fingerprint density at radius 3 is 2.38 bits per heavy atom. The van der Waals surface area contributed by atoms with E-state index in [2.05, 4.69) is 17.1 Å². The molecule has 3 aromatic rings. The SMILES string of the molecule is CCc1ccccc1NC(=O)CN1CCN(C(=O)c2cc(C3CC3)nn2-c2ccccc2)CC1. The van der Waals surface area contributed by atoms with Crippen molar-refractivity contribution in [1.82, 2.24) is 19.6 Å². The topological polar surface area (TPSA) is 70.5 Å². The first-order valence-electron chi connectivity index (χ1n) is 12.2. The lowest BCUT2D eigenvalue weighted by atomic mass is 10.1. The van der Waals surface area contributed by atoms with Crippen molar-refractivity contribution in [2.75, 3.05) is 38.0 Å². The number of carbonyl (C=O) groups is 2. The number of rotatable bonds is 7. The molecule has 7 nitrogen and oxygen atoms in total. The summed E-state index contributed by atoms with van der Waals surface area (Å²) in [4.78, 5) is 30.1. The van der Waals surface area contributed by atoms with Gasteiger partial charge >= 0.3 is 0 Å². The molecule has 2 amide bonds. The Morgan fingerprint density at radius 1 is 0.971 bits per heavy atom. The number of nitrogens with one attached hydrogen (secondary N) is 1. The number of para-hydroxylation sites is 2. The Morgan fingerprint density at radius 2 is 1.68 bits per heavy atom. The quantitative estimate of drug-likeness (QED) is 0.587. The van der Waals surface area contributed by atoms with E-state index in [9.17, 15) is 9.59 Å². The fourth-order valence-electron chi connectivity index (χ4n) is 4.51. The summed E-state index contributed by atoms with van der Waals surface area (Å²) in [5, 5.41) is 7.81. The van der Waals surface area contributed by atoms with E-state index in [0.29, 0.717) is 44.3 Å². The van der Waals surface area contributed by atoms with Crippen LogP contribution in [0.1, 0.15) is 47.4 Å². The van der Waals surface area contributed by atoms with Gasteiger partial charge in [0, 0.05) is 37.8 Å². The van der Waals surface area contributed by atoms with Crippen LogP contribution in [0.3, 0.4) is 0 Å². The monoisotopic (exact) mass is 457 g/mol. The number of carbonyl (C=O) groups excluding carboxylic acids is 2. The summed E-state index contributed by atoms with van der Waals surface area (Å²) < 4.78 is 1.79. The summed E-state index contributed by atoms with van der Waals surface area (Å²) >= 11 is 0. The van der Waals surface area contributed by atoms with Crippen molar-refractivity contribution in [2.45, 2.75) is 32.1 Å². The molecule has 2 aromatic carbocycles. The average Bonchev–Trinajstić information content (AvgIpc) is 3.63. The Balaban J connectivity index is 1.21. The van der Waals surface area contributed by atoms with Gasteiger partial charge in [-0.3, -0.25) is 14.5 Å². The highest BCUT2D eigenvalue weighted by Gasteiger charge is 2.31. The largest absolute Gasteiger partial charge is 0.335 e. The van der Waals surface area contributed by atoms with Crippen LogP contribution in [0.25, 0.3) is 5.69 Å². The zero-order valence-electron chi connectivity index (χ0n) is 19.6. The Hall–Kier alpha value is -3.45. The lowest BCUT2D eigenvalue weighted by Crippen LogP contribution is -2.50. The number of piperazine rings is 1. The summed E-state index contributed by atoms with van der Waals surface area (Å²) in [6.07, 6.45) is 3.16. The van der Waals surface area contributed by atoms with Crippen LogP contribution in [0, 0.1) is 0 Å². The van der Waals surface area contributed by atoms with Crippen molar-refractivity contribution in [3.63, 3.8) is 0 Å². The third kappa shape index (κ3) is 4.89. The summed E-state index contributed by atoms with van der Waals surface area (Å²) in [7, 11) is 0. The number of hydrogen-bond acceptors (Lipinski definition) is 4. The molecule has 0 unspecified atom stereocenters. The van der Waals surface area contributed by atoms with Gasteiger partial charge < -0.3 is 10.2 Å². The molecule has 1 saturated heterocycles. The minimum absolute atomic E-state index is 0.00391. The highest BCUT2D eigenvalue weighted by molar-refractivity contribution is 5.94. The first-order chi connectivity index (χ1) is 16.6. The molecule has 0 radical (unpaired) electrons. The van der Waals surface area contributed by atoms with Crippen molar-refractivity contribution in [3.8, 4) is 5.69 Å². The van der Waals surface area contributed by atoms with E-state index in [1.807, 2.05) is 65.6 Å². The van der Waals surface area contributed by atoms with E-state index in [1.54, 1.807) is 4.68 Å². The molecule has 1 aliphatic carbocycles. The highest BCUT2D eigenvalue weighted by Crippen LogP contribution is 2.40. The number of benzene rings is 2. The molecule has 0 atom stereocenters. The number of hydrogen-bond donors (Lipinski definition) is 1. The fourth-order valence-corrected chi connectivity index (χ4v) is 4.51. The summed E-state index contributed by atoms with van der Waals surface area (Å²) in [6.45, 7) is 4.94. The van der Waals surface area contributed by atoms with Crippen LogP contribution < -0.4 is 5.32 Å². The summed E-state index contributed by atoms with van der Waals surface area (Å²) in [5.41, 5.74) is 4.54. The first kappa shape index (κ1) is 22.3. The average molecular weight is 458 g/mol. The normalized spacial score (nSPS) is 16.4. The molecule has 2 fully saturated rings. The molecule has 0 bridgehead atoms. The Kier molecular flexibility index (Phi) is 6.45. The van der Waals surface area contributed by atoms with Gasteiger partial charge in [0.1, 0.15) is 5.69 Å². The van der Waals surface area contributed by atoms with Crippen molar-refractivity contribution in [2.24, 2.45) is 0 Å². The second-order valence-electron chi connectivity index (χ2n) is 9.10. The van der Waals surface area contributed by atoms with Crippen LogP contribution in [0.15, 0.2) is 60.7 Å². The van der Waals surface area contributed by atoms with Gasteiger partial charge in [-0.1, -0.05) is 43.3 Å².